The Morgan fingerprint density at radius 2 is 1.78 bits per heavy atom. The van der Waals surface area contributed by atoms with E-state index in [9.17, 15) is 23.3 Å². The Labute approximate surface area is 266 Å². The Morgan fingerprint density at radius 3 is 2.36 bits per heavy atom. The van der Waals surface area contributed by atoms with Crippen LogP contribution in [-0.4, -0.2) is 60.0 Å². The summed E-state index contributed by atoms with van der Waals surface area (Å²) in [4.78, 5) is 28.8. The molecule has 2 N–H and O–H groups in total. The summed E-state index contributed by atoms with van der Waals surface area (Å²) in [6.45, 7) is 18.1. The van der Waals surface area contributed by atoms with Crippen LogP contribution in [0.1, 0.15) is 67.7 Å². The van der Waals surface area contributed by atoms with Gasteiger partial charge in [-0.25, -0.2) is 22.2 Å². The van der Waals surface area contributed by atoms with Crippen molar-refractivity contribution < 1.29 is 27.3 Å². The average molecular weight is 660 g/mol. The number of fused-ring (bicyclic) bond motifs is 1. The quantitative estimate of drug-likeness (QED) is 0.151. The molecule has 14 heteroatoms. The molecule has 3 aromatic rings. The Bertz CT molecular complexity index is 1680. The normalized spacial score (nSPS) is 21.4. The van der Waals surface area contributed by atoms with Crippen molar-refractivity contribution in [3.8, 4) is 0 Å². The van der Waals surface area contributed by atoms with Crippen LogP contribution < -0.4 is 10.6 Å². The lowest BCUT2D eigenvalue weighted by Crippen LogP contribution is -2.63. The molecule has 0 bridgehead atoms. The average Bonchev–Trinajstić information content (AvgIpc) is 3.35. The van der Waals surface area contributed by atoms with Crippen LogP contribution >= 0.6 is 0 Å². The number of carbonyl (C=O) groups is 1. The molecule has 0 radical (unpaired) electrons. The molecular formula is C31H45N5O7SSi. The van der Waals surface area contributed by atoms with Crippen molar-refractivity contribution in [1.29, 1.82) is 0 Å². The molecule has 2 heterocycles. The monoisotopic (exact) mass is 659 g/mol. The van der Waals surface area contributed by atoms with Gasteiger partial charge in [-0.1, -0.05) is 39.0 Å². The van der Waals surface area contributed by atoms with Crippen LogP contribution in [-0.2, 0) is 19.2 Å². The molecule has 4 rings (SSSR count). The van der Waals surface area contributed by atoms with E-state index < -0.39 is 46.6 Å². The van der Waals surface area contributed by atoms with Gasteiger partial charge in [0, 0.05) is 12.2 Å². The predicted molar refractivity (Wildman–Crippen MR) is 177 cm³/mol. The zero-order valence-corrected chi connectivity index (χ0v) is 29.3. The molecule has 1 fully saturated rings. The van der Waals surface area contributed by atoms with Crippen LogP contribution in [0, 0.1) is 10.1 Å². The van der Waals surface area contributed by atoms with Gasteiger partial charge in [0.05, 0.1) is 26.8 Å². The Hall–Kier alpha value is -3.49. The largest absolute Gasteiger partial charge is 0.444 e. The summed E-state index contributed by atoms with van der Waals surface area (Å²) < 4.78 is 40.4. The summed E-state index contributed by atoms with van der Waals surface area (Å²) in [5, 5.41) is 18.8. The maximum atomic E-state index is 13.4. The number of nitro groups is 1. The Balaban J connectivity index is 1.71. The predicted octanol–water partition coefficient (Wildman–Crippen LogP) is 6.82. The molecule has 1 aliphatic carbocycles. The zero-order chi connectivity index (χ0) is 33.6. The first-order valence-electron chi connectivity index (χ1n) is 15.1. The van der Waals surface area contributed by atoms with Gasteiger partial charge in [0.25, 0.3) is 10.0 Å². The van der Waals surface area contributed by atoms with Crippen LogP contribution in [0.15, 0.2) is 53.7 Å². The number of nitrogens with one attached hydrogen (secondary N) is 2. The molecule has 1 aliphatic rings. The van der Waals surface area contributed by atoms with E-state index in [4.69, 9.17) is 9.16 Å². The summed E-state index contributed by atoms with van der Waals surface area (Å²) in [6.07, 6.45) is 2.97. The lowest BCUT2D eigenvalue weighted by atomic mass is 9.78. The number of hydrogen-bond donors (Lipinski definition) is 2. The highest BCUT2D eigenvalue weighted by molar-refractivity contribution is 7.90. The molecule has 0 unspecified atom stereocenters. The summed E-state index contributed by atoms with van der Waals surface area (Å²) in [5.41, 5.74) is -1.44. The van der Waals surface area contributed by atoms with E-state index >= 15 is 0 Å². The van der Waals surface area contributed by atoms with Crippen LogP contribution in [0.2, 0.25) is 18.1 Å². The van der Waals surface area contributed by atoms with E-state index in [-0.39, 0.29) is 33.0 Å². The summed E-state index contributed by atoms with van der Waals surface area (Å²) in [6, 6.07) is 9.18. The highest BCUT2D eigenvalue weighted by Crippen LogP contribution is 2.43. The number of hydrogen-bond acceptors (Lipinski definition) is 9. The second kappa shape index (κ2) is 12.0. The Kier molecular flexibility index (Phi) is 9.19. The number of rotatable bonds is 8. The van der Waals surface area contributed by atoms with E-state index in [2.05, 4.69) is 49.5 Å². The van der Waals surface area contributed by atoms with Crippen LogP contribution in [0.5, 0.6) is 0 Å². The second-order valence-electron chi connectivity index (χ2n) is 14.5. The van der Waals surface area contributed by atoms with Gasteiger partial charge >= 0.3 is 11.8 Å². The van der Waals surface area contributed by atoms with E-state index in [1.165, 1.54) is 24.4 Å². The maximum absolute atomic E-state index is 13.4. The first kappa shape index (κ1) is 34.4. The minimum absolute atomic E-state index is 0.0758. The van der Waals surface area contributed by atoms with Gasteiger partial charge in [-0.05, 0) is 83.3 Å². The van der Waals surface area contributed by atoms with Crippen LogP contribution in [0.4, 0.5) is 16.2 Å². The molecule has 3 atom stereocenters. The molecule has 0 aliphatic heterocycles. The fourth-order valence-electron chi connectivity index (χ4n) is 5.24. The number of pyridine rings is 1. The van der Waals surface area contributed by atoms with Gasteiger partial charge in [0.1, 0.15) is 17.5 Å². The highest BCUT2D eigenvalue weighted by atomic mass is 32.2. The summed E-state index contributed by atoms with van der Waals surface area (Å²) in [5.74, 6) is 0. The van der Waals surface area contributed by atoms with Crippen molar-refractivity contribution in [2.75, 3.05) is 5.32 Å². The molecule has 2 aromatic heterocycles. The SMILES string of the molecule is CC(C)(C)OC(=O)N[C@]1(C)CC[C@H](Nc2c([N+](=O)[O-])cnc3c2ccn3S(=O)(=O)c2ccccc2)C[C@H]1O[Si](C)(C)C(C)(C)C. The summed E-state index contributed by atoms with van der Waals surface area (Å²) >= 11 is 0. The van der Waals surface area contributed by atoms with Crippen molar-refractivity contribution in [1.82, 2.24) is 14.3 Å². The van der Waals surface area contributed by atoms with Crippen molar-refractivity contribution >= 4 is 46.8 Å². The standard InChI is InChI=1S/C31H45N5O7SSi/c1-29(2,3)42-28(37)34-31(7)17-15-21(19-25(31)43-45(8,9)30(4,5)6)33-26-23-16-18-35(27(23)32-20-24(26)36(38)39)44(40,41)22-13-11-10-12-14-22/h10-14,16,18,20-21,25H,15,17,19H2,1-9H3,(H,32,33)(H,34,37)/t21-,25+,31+/m0/s1. The van der Waals surface area contributed by atoms with E-state index in [0.29, 0.717) is 24.6 Å². The summed E-state index contributed by atoms with van der Waals surface area (Å²) in [7, 11) is -6.33. The zero-order valence-electron chi connectivity index (χ0n) is 27.5. The number of benzene rings is 1. The highest BCUT2D eigenvalue weighted by Gasteiger charge is 2.48. The van der Waals surface area contributed by atoms with Gasteiger partial charge in [-0.3, -0.25) is 10.1 Å². The molecule has 45 heavy (non-hydrogen) atoms. The number of ether oxygens (including phenoxy) is 1. The smallest absolute Gasteiger partial charge is 0.408 e. The number of nitrogens with zero attached hydrogens (tertiary/aromatic N) is 3. The molecule has 246 valence electrons. The topological polar surface area (TPSA) is 155 Å². The fourth-order valence-corrected chi connectivity index (χ4v) is 7.98. The third-order valence-electron chi connectivity index (χ3n) is 8.76. The first-order valence-corrected chi connectivity index (χ1v) is 19.4. The minimum Gasteiger partial charge on any atom is -0.444 e. The molecule has 12 nitrogen and oxygen atoms in total. The van der Waals surface area contributed by atoms with Gasteiger partial charge in [-0.15, -0.1) is 0 Å². The number of carbonyl (C=O) groups excluding carboxylic acids is 1. The second-order valence-corrected chi connectivity index (χ2v) is 21.0. The van der Waals surface area contributed by atoms with E-state index in [1.54, 1.807) is 39.0 Å². The van der Waals surface area contributed by atoms with E-state index in [1.807, 2.05) is 6.92 Å². The molecule has 0 saturated heterocycles. The van der Waals surface area contributed by atoms with Crippen molar-refractivity contribution in [2.45, 2.75) is 114 Å². The first-order chi connectivity index (χ1) is 20.6. The lowest BCUT2D eigenvalue weighted by Gasteiger charge is -2.49. The number of amides is 1. The number of aromatic nitrogens is 2. The fraction of sp³-hybridized carbons (Fsp3) is 0.548. The number of alkyl carbamates (subject to hydrolysis) is 1. The third-order valence-corrected chi connectivity index (χ3v) is 14.9. The molecule has 0 spiro atoms. The maximum Gasteiger partial charge on any atom is 0.408 e. The Morgan fingerprint density at radius 1 is 1.13 bits per heavy atom. The van der Waals surface area contributed by atoms with Crippen molar-refractivity contribution in [2.24, 2.45) is 0 Å². The van der Waals surface area contributed by atoms with Gasteiger partial charge in [0.15, 0.2) is 14.0 Å². The molecular weight excluding hydrogens is 615 g/mol. The third kappa shape index (κ3) is 7.33. The molecule has 1 aromatic carbocycles. The van der Waals surface area contributed by atoms with Crippen LogP contribution in [0.25, 0.3) is 11.0 Å². The van der Waals surface area contributed by atoms with Crippen molar-refractivity contribution in [3.05, 3.63) is 58.9 Å². The van der Waals surface area contributed by atoms with E-state index in [0.717, 1.165) is 10.2 Å². The van der Waals surface area contributed by atoms with Gasteiger partial charge in [0.2, 0.25) is 0 Å². The molecule has 1 saturated carbocycles. The van der Waals surface area contributed by atoms with Gasteiger partial charge < -0.3 is 19.8 Å². The van der Waals surface area contributed by atoms with Crippen LogP contribution in [0.3, 0.4) is 0 Å². The molecule has 1 amide bonds. The lowest BCUT2D eigenvalue weighted by molar-refractivity contribution is -0.384. The van der Waals surface area contributed by atoms with Gasteiger partial charge in [-0.2, -0.15) is 0 Å². The van der Waals surface area contributed by atoms with Crippen molar-refractivity contribution in [3.63, 3.8) is 0 Å². The number of anilines is 1. The minimum atomic E-state index is -4.00.